The molecule has 0 aromatic rings. The molecule has 2 rings (SSSR count). The van der Waals surface area contributed by atoms with Gasteiger partial charge in [0, 0.05) is 25.2 Å². The van der Waals surface area contributed by atoms with Gasteiger partial charge in [0.05, 0.1) is 0 Å². The molecule has 3 heteroatoms. The van der Waals surface area contributed by atoms with Crippen molar-refractivity contribution in [1.29, 1.82) is 0 Å². The van der Waals surface area contributed by atoms with Gasteiger partial charge < -0.3 is 10.6 Å². The lowest BCUT2D eigenvalue weighted by Crippen LogP contribution is -2.58. The van der Waals surface area contributed by atoms with Gasteiger partial charge in [-0.3, -0.25) is 4.90 Å². The van der Waals surface area contributed by atoms with Gasteiger partial charge in [0.1, 0.15) is 0 Å². The molecule has 2 saturated heterocycles. The molecule has 0 saturated carbocycles. The first-order valence-electron chi connectivity index (χ1n) is 6.30. The molecular weight excluding hydrogens is 186 g/mol. The average Bonchev–Trinajstić information content (AvgIpc) is 2.61. The van der Waals surface area contributed by atoms with Crippen molar-refractivity contribution in [2.75, 3.05) is 39.8 Å². The average molecular weight is 211 g/mol. The lowest BCUT2D eigenvalue weighted by atomic mass is 9.90. The second-order valence-corrected chi connectivity index (χ2v) is 5.61. The van der Waals surface area contributed by atoms with Crippen molar-refractivity contribution in [2.24, 2.45) is 11.7 Å². The molecule has 2 aliphatic heterocycles. The van der Waals surface area contributed by atoms with Gasteiger partial charge in [0.15, 0.2) is 0 Å². The lowest BCUT2D eigenvalue weighted by Gasteiger charge is -2.44. The number of rotatable bonds is 2. The summed E-state index contributed by atoms with van der Waals surface area (Å²) in [5, 5.41) is 0. The van der Waals surface area contributed by atoms with Crippen molar-refractivity contribution in [1.82, 2.24) is 9.80 Å². The van der Waals surface area contributed by atoms with Crippen LogP contribution in [0.1, 0.15) is 26.2 Å². The number of piperidine rings is 1. The smallest absolute Gasteiger partial charge is 0.0470 e. The van der Waals surface area contributed by atoms with E-state index in [1.807, 2.05) is 0 Å². The van der Waals surface area contributed by atoms with Crippen molar-refractivity contribution in [2.45, 2.75) is 31.7 Å². The Morgan fingerprint density at radius 3 is 2.73 bits per heavy atom. The van der Waals surface area contributed by atoms with Gasteiger partial charge in [-0.1, -0.05) is 6.92 Å². The summed E-state index contributed by atoms with van der Waals surface area (Å²) in [6.07, 6.45) is 4.01. The third-order valence-electron chi connectivity index (χ3n) is 4.23. The summed E-state index contributed by atoms with van der Waals surface area (Å²) in [6.45, 7) is 8.08. The molecule has 2 aliphatic rings. The van der Waals surface area contributed by atoms with E-state index in [0.29, 0.717) is 5.54 Å². The zero-order valence-electron chi connectivity index (χ0n) is 10.2. The van der Waals surface area contributed by atoms with Crippen LogP contribution in [0, 0.1) is 5.92 Å². The van der Waals surface area contributed by atoms with Gasteiger partial charge in [0.25, 0.3) is 0 Å². The minimum atomic E-state index is 0.295. The second kappa shape index (κ2) is 4.40. The van der Waals surface area contributed by atoms with Crippen LogP contribution in [-0.2, 0) is 0 Å². The minimum Gasteiger partial charge on any atom is -0.329 e. The number of likely N-dealkylation sites (N-methyl/N-ethyl adjacent to an activating group) is 1. The highest BCUT2D eigenvalue weighted by atomic mass is 15.3. The molecule has 0 amide bonds. The van der Waals surface area contributed by atoms with Crippen LogP contribution >= 0.6 is 0 Å². The highest BCUT2D eigenvalue weighted by molar-refractivity contribution is 5.00. The second-order valence-electron chi connectivity index (χ2n) is 5.61. The van der Waals surface area contributed by atoms with Crippen LogP contribution in [0.5, 0.6) is 0 Å². The largest absolute Gasteiger partial charge is 0.329 e. The third kappa shape index (κ3) is 2.19. The highest BCUT2D eigenvalue weighted by Gasteiger charge is 2.41. The monoisotopic (exact) mass is 211 g/mol. The molecule has 2 fully saturated rings. The Morgan fingerprint density at radius 2 is 2.20 bits per heavy atom. The van der Waals surface area contributed by atoms with Gasteiger partial charge in [-0.05, 0) is 45.3 Å². The molecule has 15 heavy (non-hydrogen) atoms. The molecule has 0 aromatic carbocycles. The van der Waals surface area contributed by atoms with E-state index in [0.717, 1.165) is 19.0 Å². The molecule has 2 atom stereocenters. The van der Waals surface area contributed by atoms with E-state index in [-0.39, 0.29) is 0 Å². The van der Waals surface area contributed by atoms with Gasteiger partial charge in [0.2, 0.25) is 0 Å². The first kappa shape index (κ1) is 11.4. The summed E-state index contributed by atoms with van der Waals surface area (Å²) in [4.78, 5) is 5.09. The van der Waals surface area contributed by atoms with E-state index in [1.54, 1.807) is 0 Å². The van der Waals surface area contributed by atoms with Crippen molar-refractivity contribution in [3.63, 3.8) is 0 Å². The SMILES string of the molecule is CC1CCCN(C2(CN)CCN(C)C2)C1. The van der Waals surface area contributed by atoms with E-state index in [4.69, 9.17) is 5.73 Å². The zero-order chi connectivity index (χ0) is 10.9. The quantitative estimate of drug-likeness (QED) is 0.731. The van der Waals surface area contributed by atoms with E-state index in [1.165, 1.54) is 38.9 Å². The normalized spacial score (nSPS) is 39.8. The molecule has 0 radical (unpaired) electrons. The van der Waals surface area contributed by atoms with Crippen LogP contribution in [-0.4, -0.2) is 55.1 Å². The molecule has 2 N–H and O–H groups in total. The van der Waals surface area contributed by atoms with Crippen LogP contribution in [0.4, 0.5) is 0 Å². The molecule has 3 nitrogen and oxygen atoms in total. The van der Waals surface area contributed by atoms with Crippen molar-refractivity contribution >= 4 is 0 Å². The Hall–Kier alpha value is -0.120. The summed E-state index contributed by atoms with van der Waals surface area (Å²) < 4.78 is 0. The highest BCUT2D eigenvalue weighted by Crippen LogP contribution is 2.30. The van der Waals surface area contributed by atoms with Crippen molar-refractivity contribution in [3.8, 4) is 0 Å². The first-order chi connectivity index (χ1) is 7.16. The molecule has 0 spiro atoms. The fraction of sp³-hybridized carbons (Fsp3) is 1.00. The zero-order valence-corrected chi connectivity index (χ0v) is 10.2. The number of nitrogens with two attached hydrogens (primary N) is 1. The number of likely N-dealkylation sites (tertiary alicyclic amines) is 2. The molecule has 0 aromatic heterocycles. The Bertz CT molecular complexity index is 219. The van der Waals surface area contributed by atoms with E-state index in [2.05, 4.69) is 23.8 Å². The van der Waals surface area contributed by atoms with Gasteiger partial charge in [-0.2, -0.15) is 0 Å². The number of nitrogens with zero attached hydrogens (tertiary/aromatic N) is 2. The molecule has 2 heterocycles. The molecule has 0 bridgehead atoms. The summed E-state index contributed by atoms with van der Waals surface area (Å²) in [5.41, 5.74) is 6.33. The summed E-state index contributed by atoms with van der Waals surface area (Å²) >= 11 is 0. The Balaban J connectivity index is 2.05. The summed E-state index contributed by atoms with van der Waals surface area (Å²) in [5.74, 6) is 0.855. The van der Waals surface area contributed by atoms with Crippen LogP contribution in [0.2, 0.25) is 0 Å². The third-order valence-corrected chi connectivity index (χ3v) is 4.23. The maximum absolute atomic E-state index is 6.04. The predicted octanol–water partition coefficient (Wildman–Crippen LogP) is 0.751. The van der Waals surface area contributed by atoms with Crippen LogP contribution in [0.25, 0.3) is 0 Å². The van der Waals surface area contributed by atoms with Crippen molar-refractivity contribution < 1.29 is 0 Å². The van der Waals surface area contributed by atoms with E-state index >= 15 is 0 Å². The Morgan fingerprint density at radius 1 is 1.40 bits per heavy atom. The lowest BCUT2D eigenvalue weighted by molar-refractivity contribution is 0.0584. The van der Waals surface area contributed by atoms with Gasteiger partial charge in [-0.15, -0.1) is 0 Å². The Labute approximate surface area is 93.6 Å². The van der Waals surface area contributed by atoms with Crippen LogP contribution < -0.4 is 5.73 Å². The van der Waals surface area contributed by atoms with Crippen LogP contribution in [0.15, 0.2) is 0 Å². The topological polar surface area (TPSA) is 32.5 Å². The standard InChI is InChI=1S/C12H25N3/c1-11-4-3-6-15(8-11)12(9-13)5-7-14(2)10-12/h11H,3-10,13H2,1-2H3. The maximum Gasteiger partial charge on any atom is 0.0470 e. The number of hydrogen-bond acceptors (Lipinski definition) is 3. The summed E-state index contributed by atoms with van der Waals surface area (Å²) in [7, 11) is 2.21. The fourth-order valence-corrected chi connectivity index (χ4v) is 3.23. The van der Waals surface area contributed by atoms with Crippen molar-refractivity contribution in [3.05, 3.63) is 0 Å². The van der Waals surface area contributed by atoms with Gasteiger partial charge >= 0.3 is 0 Å². The van der Waals surface area contributed by atoms with Crippen LogP contribution in [0.3, 0.4) is 0 Å². The number of hydrogen-bond donors (Lipinski definition) is 1. The minimum absolute atomic E-state index is 0.295. The van der Waals surface area contributed by atoms with E-state index < -0.39 is 0 Å². The molecule has 88 valence electrons. The van der Waals surface area contributed by atoms with Gasteiger partial charge in [-0.25, -0.2) is 0 Å². The molecule has 0 aliphatic carbocycles. The molecule has 2 unspecified atom stereocenters. The Kier molecular flexibility index (Phi) is 3.33. The fourth-order valence-electron chi connectivity index (χ4n) is 3.23. The maximum atomic E-state index is 6.04. The van der Waals surface area contributed by atoms with E-state index in [9.17, 15) is 0 Å². The summed E-state index contributed by atoms with van der Waals surface area (Å²) in [6, 6.07) is 0. The molecular formula is C12H25N3. The predicted molar refractivity (Wildman–Crippen MR) is 63.9 cm³/mol. The first-order valence-corrected chi connectivity index (χ1v) is 6.30.